The first-order valence-corrected chi connectivity index (χ1v) is 8.15. The van der Waals surface area contributed by atoms with Crippen LogP contribution in [0.3, 0.4) is 0 Å². The van der Waals surface area contributed by atoms with Crippen LogP contribution in [0.25, 0.3) is 0 Å². The molecule has 1 aromatic carbocycles. The molecule has 0 saturated carbocycles. The van der Waals surface area contributed by atoms with Crippen molar-refractivity contribution in [2.75, 3.05) is 5.43 Å². The average Bonchev–Trinajstić information content (AvgIpc) is 2.67. The molecule has 0 aliphatic heterocycles. The largest absolute Gasteiger partial charge is 0.345 e. The zero-order valence-corrected chi connectivity index (χ0v) is 14.0. The van der Waals surface area contributed by atoms with E-state index >= 15 is 0 Å². The summed E-state index contributed by atoms with van der Waals surface area (Å²) >= 11 is 1.13. The van der Waals surface area contributed by atoms with Gasteiger partial charge in [-0.05, 0) is 24.3 Å². The van der Waals surface area contributed by atoms with Crippen molar-refractivity contribution in [3.8, 4) is 0 Å². The number of rotatable bonds is 6. The molecule has 130 valence electrons. The van der Waals surface area contributed by atoms with Gasteiger partial charge in [-0.3, -0.25) is 30.7 Å². The van der Waals surface area contributed by atoms with Crippen molar-refractivity contribution in [3.05, 3.63) is 76.9 Å². The number of hydrogen-bond donors (Lipinski definition) is 2. The first-order valence-electron chi connectivity index (χ1n) is 7.34. The zero-order valence-electron chi connectivity index (χ0n) is 13.2. The predicted molar refractivity (Wildman–Crippen MR) is 94.6 cm³/mol. The maximum Gasteiger partial charge on any atom is 0.345 e. The van der Waals surface area contributed by atoms with Crippen molar-refractivity contribution in [2.24, 2.45) is 0 Å². The Kier molecular flexibility index (Phi) is 5.34. The van der Waals surface area contributed by atoms with Gasteiger partial charge in [0.2, 0.25) is 5.82 Å². The minimum atomic E-state index is -0.591. The minimum Gasteiger partial charge on any atom is -0.276 e. The molecule has 0 atom stereocenters. The molecule has 0 saturated heterocycles. The van der Waals surface area contributed by atoms with Crippen LogP contribution in [0.1, 0.15) is 10.4 Å². The second-order valence-electron chi connectivity index (χ2n) is 4.86. The van der Waals surface area contributed by atoms with Gasteiger partial charge in [-0.1, -0.05) is 30.0 Å². The Balaban J connectivity index is 1.82. The standard InChI is InChI=1S/C16H12N6O3S/c23-15(11-6-8-17-9-7-11)21-20-14-13(22(24)25)16(19-10-18-14)26-12-4-2-1-3-5-12/h1-10H,(H,21,23)(H,18,19,20). The van der Waals surface area contributed by atoms with E-state index in [1.807, 2.05) is 30.3 Å². The van der Waals surface area contributed by atoms with Gasteiger partial charge in [-0.25, -0.2) is 9.97 Å². The molecule has 3 rings (SSSR count). The number of nitro groups is 1. The number of aromatic nitrogens is 3. The maximum absolute atomic E-state index is 12.1. The van der Waals surface area contributed by atoms with Crippen LogP contribution in [0.5, 0.6) is 0 Å². The van der Waals surface area contributed by atoms with E-state index in [2.05, 4.69) is 25.8 Å². The molecule has 9 nitrogen and oxygen atoms in total. The van der Waals surface area contributed by atoms with Crippen molar-refractivity contribution in [1.29, 1.82) is 0 Å². The molecule has 2 N–H and O–H groups in total. The highest BCUT2D eigenvalue weighted by Gasteiger charge is 2.24. The maximum atomic E-state index is 12.1. The third kappa shape index (κ3) is 4.11. The van der Waals surface area contributed by atoms with Gasteiger partial charge in [-0.15, -0.1) is 0 Å². The monoisotopic (exact) mass is 368 g/mol. The van der Waals surface area contributed by atoms with E-state index in [-0.39, 0.29) is 16.5 Å². The number of amides is 1. The summed E-state index contributed by atoms with van der Waals surface area (Å²) in [6.07, 6.45) is 4.13. The lowest BCUT2D eigenvalue weighted by Gasteiger charge is -2.09. The second kappa shape index (κ2) is 8.03. The highest BCUT2D eigenvalue weighted by Crippen LogP contribution is 2.36. The first-order chi connectivity index (χ1) is 12.6. The molecule has 0 radical (unpaired) electrons. The predicted octanol–water partition coefficient (Wildman–Crippen LogP) is 2.69. The fourth-order valence-electron chi connectivity index (χ4n) is 1.98. The van der Waals surface area contributed by atoms with Crippen LogP contribution < -0.4 is 10.9 Å². The van der Waals surface area contributed by atoms with Gasteiger partial charge in [0, 0.05) is 22.9 Å². The smallest absolute Gasteiger partial charge is 0.276 e. The van der Waals surface area contributed by atoms with Crippen LogP contribution in [-0.2, 0) is 0 Å². The van der Waals surface area contributed by atoms with Gasteiger partial charge < -0.3 is 0 Å². The van der Waals surface area contributed by atoms with Gasteiger partial charge in [0.15, 0.2) is 5.03 Å². The molecule has 2 heterocycles. The summed E-state index contributed by atoms with van der Waals surface area (Å²) in [7, 11) is 0. The molecule has 0 aliphatic rings. The molecule has 0 unspecified atom stereocenters. The van der Waals surface area contributed by atoms with E-state index in [4.69, 9.17) is 0 Å². The Morgan fingerprint density at radius 1 is 1.08 bits per heavy atom. The molecular formula is C16H12N6O3S. The highest BCUT2D eigenvalue weighted by atomic mass is 32.2. The minimum absolute atomic E-state index is 0.106. The Morgan fingerprint density at radius 3 is 2.50 bits per heavy atom. The molecule has 0 bridgehead atoms. The summed E-state index contributed by atoms with van der Waals surface area (Å²) in [5.74, 6) is -0.580. The second-order valence-corrected chi connectivity index (χ2v) is 5.93. The molecular weight excluding hydrogens is 356 g/mol. The van der Waals surface area contributed by atoms with Gasteiger partial charge in [0.1, 0.15) is 6.33 Å². The molecule has 3 aromatic rings. The van der Waals surface area contributed by atoms with E-state index in [0.717, 1.165) is 16.7 Å². The fourth-order valence-corrected chi connectivity index (χ4v) is 2.87. The summed E-state index contributed by atoms with van der Waals surface area (Å²) < 4.78 is 0. The summed E-state index contributed by atoms with van der Waals surface area (Å²) in [4.78, 5) is 35.4. The lowest BCUT2D eigenvalue weighted by Crippen LogP contribution is -2.30. The van der Waals surface area contributed by atoms with E-state index in [0.29, 0.717) is 5.56 Å². The van der Waals surface area contributed by atoms with Crippen molar-refractivity contribution in [3.63, 3.8) is 0 Å². The van der Waals surface area contributed by atoms with E-state index in [1.54, 1.807) is 0 Å². The first kappa shape index (κ1) is 17.3. The number of nitrogens with zero attached hydrogens (tertiary/aromatic N) is 4. The third-order valence-corrected chi connectivity index (χ3v) is 4.17. The lowest BCUT2D eigenvalue weighted by atomic mass is 10.3. The Bertz CT molecular complexity index is 924. The van der Waals surface area contributed by atoms with Crippen molar-refractivity contribution < 1.29 is 9.72 Å². The summed E-state index contributed by atoms with van der Waals surface area (Å²) in [6, 6.07) is 12.2. The van der Waals surface area contributed by atoms with Crippen LogP contribution in [0.2, 0.25) is 0 Å². The quantitative estimate of drug-likeness (QED) is 0.387. The lowest BCUT2D eigenvalue weighted by molar-refractivity contribution is -0.387. The van der Waals surface area contributed by atoms with Gasteiger partial charge >= 0.3 is 5.69 Å². The Hall–Kier alpha value is -3.53. The molecule has 0 spiro atoms. The van der Waals surface area contributed by atoms with E-state index in [1.165, 1.54) is 30.9 Å². The zero-order chi connectivity index (χ0) is 18.4. The van der Waals surface area contributed by atoms with Gasteiger partial charge in [0.05, 0.1) is 4.92 Å². The number of benzene rings is 1. The molecule has 0 aliphatic carbocycles. The number of carbonyl (C=O) groups excluding carboxylic acids is 1. The number of hydrazine groups is 1. The number of carbonyl (C=O) groups is 1. The van der Waals surface area contributed by atoms with Gasteiger partial charge in [0.25, 0.3) is 5.91 Å². The van der Waals surface area contributed by atoms with Gasteiger partial charge in [-0.2, -0.15) is 0 Å². The molecule has 2 aromatic heterocycles. The number of hydrogen-bond acceptors (Lipinski definition) is 8. The molecule has 0 fully saturated rings. The fraction of sp³-hybridized carbons (Fsp3) is 0. The summed E-state index contributed by atoms with van der Waals surface area (Å²) in [5.41, 5.74) is 4.90. The Labute approximate surface area is 152 Å². The third-order valence-electron chi connectivity index (χ3n) is 3.17. The van der Waals surface area contributed by atoms with Crippen LogP contribution >= 0.6 is 11.8 Å². The van der Waals surface area contributed by atoms with Crippen molar-refractivity contribution in [1.82, 2.24) is 20.4 Å². The van der Waals surface area contributed by atoms with E-state index < -0.39 is 10.8 Å². The summed E-state index contributed by atoms with van der Waals surface area (Å²) in [5, 5.41) is 11.7. The normalized spacial score (nSPS) is 10.2. The highest BCUT2D eigenvalue weighted by molar-refractivity contribution is 7.99. The summed E-state index contributed by atoms with van der Waals surface area (Å²) in [6.45, 7) is 0. The topological polar surface area (TPSA) is 123 Å². The number of nitrogens with one attached hydrogen (secondary N) is 2. The molecule has 1 amide bonds. The Morgan fingerprint density at radius 2 is 1.81 bits per heavy atom. The number of anilines is 1. The molecule has 26 heavy (non-hydrogen) atoms. The number of pyridine rings is 1. The van der Waals surface area contributed by atoms with E-state index in [9.17, 15) is 14.9 Å². The van der Waals surface area contributed by atoms with Crippen molar-refractivity contribution in [2.45, 2.75) is 9.92 Å². The molecule has 10 heteroatoms. The van der Waals surface area contributed by atoms with Crippen LogP contribution in [0.15, 0.2) is 71.1 Å². The van der Waals surface area contributed by atoms with Crippen molar-refractivity contribution >= 4 is 29.2 Å². The van der Waals surface area contributed by atoms with Crippen LogP contribution in [0.4, 0.5) is 11.5 Å². The SMILES string of the molecule is O=C(NNc1ncnc(Sc2ccccc2)c1[N+](=O)[O-])c1ccncc1. The average molecular weight is 368 g/mol. The van der Waals surface area contributed by atoms with Crippen LogP contribution in [-0.4, -0.2) is 25.8 Å². The van der Waals surface area contributed by atoms with Crippen LogP contribution in [0, 0.1) is 10.1 Å².